The summed E-state index contributed by atoms with van der Waals surface area (Å²) in [6, 6.07) is 46.4. The van der Waals surface area contributed by atoms with Gasteiger partial charge in [-0.15, -0.1) is 0 Å². The van der Waals surface area contributed by atoms with Crippen LogP contribution in [0.4, 0.5) is 35.1 Å². The van der Waals surface area contributed by atoms with Crippen molar-refractivity contribution in [1.29, 1.82) is 0 Å². The van der Waals surface area contributed by atoms with E-state index in [0.29, 0.717) is 202 Å². The Balaban J connectivity index is 0.831. The largest absolute Gasteiger partial charge is 0.490 e. The minimum absolute atomic E-state index is 0.285. The summed E-state index contributed by atoms with van der Waals surface area (Å²) >= 11 is 0. The molecule has 8 aromatic rings. The summed E-state index contributed by atoms with van der Waals surface area (Å²) in [4.78, 5) is 18.3. The third-order valence-corrected chi connectivity index (χ3v) is 17.7. The van der Waals surface area contributed by atoms with E-state index >= 15 is 0 Å². The van der Waals surface area contributed by atoms with Crippen molar-refractivity contribution < 1.29 is 54.1 Å². The lowest BCUT2D eigenvalue weighted by Crippen LogP contribution is -2.45. The Morgan fingerprint density at radius 1 is 0.219 bits per heavy atom. The van der Waals surface area contributed by atoms with E-state index in [1.54, 1.807) is 0 Å². The molecular formula is C76H84F8N8O4. The molecule has 0 radical (unpaired) electrons. The number of benzene rings is 8. The van der Waals surface area contributed by atoms with Crippen molar-refractivity contribution in [3.63, 3.8) is 0 Å². The standard InChI is InChI=1S/C76H84F8N8O4/c77-65-37-61(38-66(78)45-65)53-89-25-17-85-18-26-90(54-62-39-67(79)46-68(80)40-62)28-20-86(19-27-89)50-59-5-13-75(14-6-59)95-35-36-96-76-15-7-60(8-16-76)52-88-23-31-91(55-63-41-69(81)47-70(82)42-63)29-21-87(22-30-92(32-24-88)56-64-43-71(83)48-72(84)44-64)51-58-3-11-74(12-4-58)94-34-33-93-73-9-1-57(49-85)2-10-73/h1-16,37-48H,17-36,49-56H2. The summed E-state index contributed by atoms with van der Waals surface area (Å²) in [5.74, 6) is -2.30. The molecule has 0 spiro atoms. The summed E-state index contributed by atoms with van der Waals surface area (Å²) in [5.41, 5.74) is 6.36. The molecule has 8 aromatic carbocycles. The molecule has 0 atom stereocenters. The summed E-state index contributed by atoms with van der Waals surface area (Å²) in [5, 5.41) is 0. The van der Waals surface area contributed by atoms with Gasteiger partial charge in [-0.2, -0.15) is 0 Å². The zero-order chi connectivity index (χ0) is 66.6. The molecule has 24 rings (SSSR count). The highest BCUT2D eigenvalue weighted by Crippen LogP contribution is 2.23. The molecule has 96 heavy (non-hydrogen) atoms. The first-order valence-electron chi connectivity index (χ1n) is 33.1. The van der Waals surface area contributed by atoms with Crippen molar-refractivity contribution in [1.82, 2.24) is 39.2 Å². The van der Waals surface area contributed by atoms with Crippen LogP contribution in [0.3, 0.4) is 0 Å². The number of nitrogens with zero attached hydrogens (tertiary/aromatic N) is 8. The second kappa shape index (κ2) is 34.8. The Labute approximate surface area is 558 Å². The molecule has 16 aliphatic heterocycles. The van der Waals surface area contributed by atoms with Gasteiger partial charge >= 0.3 is 0 Å². The smallest absolute Gasteiger partial charge is 0.126 e. The van der Waals surface area contributed by atoms with Gasteiger partial charge in [-0.05, 0) is 142 Å². The van der Waals surface area contributed by atoms with Crippen molar-refractivity contribution in [2.24, 2.45) is 0 Å². The predicted octanol–water partition coefficient (Wildman–Crippen LogP) is 12.7. The zero-order valence-corrected chi connectivity index (χ0v) is 54.2. The first kappa shape index (κ1) is 69.4. The van der Waals surface area contributed by atoms with E-state index in [9.17, 15) is 35.1 Å². The average Bonchev–Trinajstić information content (AvgIpc) is 1.92. The van der Waals surface area contributed by atoms with Crippen molar-refractivity contribution in [3.8, 4) is 23.0 Å². The summed E-state index contributed by atoms with van der Waals surface area (Å²) in [7, 11) is 0. The number of hydrogen-bond acceptors (Lipinski definition) is 12. The van der Waals surface area contributed by atoms with Crippen molar-refractivity contribution in [3.05, 3.63) is 261 Å². The monoisotopic (exact) mass is 1320 g/mol. The predicted molar refractivity (Wildman–Crippen MR) is 355 cm³/mol. The molecular weight excluding hydrogens is 1240 g/mol. The lowest BCUT2D eigenvalue weighted by Gasteiger charge is -2.34. The Kier molecular flexibility index (Phi) is 25.2. The van der Waals surface area contributed by atoms with Gasteiger partial charge in [0, 0.05) is 181 Å². The van der Waals surface area contributed by atoms with Crippen LogP contribution in [0.25, 0.3) is 0 Å². The number of ether oxygens (including phenoxy) is 4. The SMILES string of the molecule is Fc1cc(F)cc(CN2CCN3CCN(Cc4cc(F)cc(F)c4)CCN(CC2)Cc2ccc(cc2)OCCOc2ccc(cc2)CN2CCN(Cc4cc(F)cc(F)c4)CCN(CCN(Cc4cc(F)cc(F)c4)CC2)Cc2ccc(cc2)OCCOc2ccc(cc2)C3)c1. The van der Waals surface area contributed by atoms with Crippen LogP contribution in [-0.4, -0.2) is 170 Å². The van der Waals surface area contributed by atoms with Crippen LogP contribution in [0.2, 0.25) is 0 Å². The fraction of sp³-hybridized carbons (Fsp3) is 0.368. The second-order valence-electron chi connectivity index (χ2n) is 25.3. The molecule has 0 aliphatic carbocycles. The summed E-state index contributed by atoms with van der Waals surface area (Å²) in [6.45, 7) is 14.6. The van der Waals surface area contributed by atoms with Gasteiger partial charge in [0.1, 0.15) is 96.0 Å². The molecule has 16 heterocycles. The van der Waals surface area contributed by atoms with Crippen LogP contribution in [0.15, 0.2) is 170 Å². The molecule has 12 bridgehead atoms. The molecule has 0 saturated carbocycles. The maximum absolute atomic E-state index is 14.7. The minimum atomic E-state index is -0.625. The van der Waals surface area contributed by atoms with E-state index in [0.717, 1.165) is 46.5 Å². The fourth-order valence-electron chi connectivity index (χ4n) is 12.7. The first-order chi connectivity index (χ1) is 46.6. The second-order valence-corrected chi connectivity index (χ2v) is 25.3. The summed E-state index contributed by atoms with van der Waals surface area (Å²) < 4.78 is 142. The zero-order valence-electron chi connectivity index (χ0n) is 54.2. The van der Waals surface area contributed by atoms with Crippen LogP contribution in [-0.2, 0) is 52.4 Å². The van der Waals surface area contributed by atoms with Gasteiger partial charge < -0.3 is 18.9 Å². The van der Waals surface area contributed by atoms with Gasteiger partial charge in [-0.25, -0.2) is 35.1 Å². The Bertz CT molecular complexity index is 3130. The number of rotatable bonds is 8. The van der Waals surface area contributed by atoms with E-state index in [-0.39, 0.29) is 26.4 Å². The van der Waals surface area contributed by atoms with Crippen molar-refractivity contribution >= 4 is 0 Å². The minimum Gasteiger partial charge on any atom is -0.490 e. The lowest BCUT2D eigenvalue weighted by atomic mass is 10.1. The highest BCUT2D eigenvalue weighted by Gasteiger charge is 2.23. The van der Waals surface area contributed by atoms with Gasteiger partial charge in [0.2, 0.25) is 0 Å². The number of halogens is 8. The van der Waals surface area contributed by atoms with Gasteiger partial charge in [0.15, 0.2) is 0 Å². The van der Waals surface area contributed by atoms with Gasteiger partial charge in [0.05, 0.1) is 0 Å². The number of hydrogen-bond donors (Lipinski definition) is 0. The van der Waals surface area contributed by atoms with Crippen molar-refractivity contribution in [2.45, 2.75) is 52.4 Å². The van der Waals surface area contributed by atoms with Crippen LogP contribution in [0.1, 0.15) is 44.5 Å². The highest BCUT2D eigenvalue weighted by atomic mass is 19.2. The molecule has 2 fully saturated rings. The van der Waals surface area contributed by atoms with Crippen LogP contribution >= 0.6 is 0 Å². The molecule has 0 unspecified atom stereocenters. The lowest BCUT2D eigenvalue weighted by molar-refractivity contribution is 0.122. The Morgan fingerprint density at radius 3 is 0.552 bits per heavy atom. The third kappa shape index (κ3) is 22.6. The summed E-state index contributed by atoms with van der Waals surface area (Å²) in [6.07, 6.45) is 0. The molecule has 508 valence electrons. The maximum atomic E-state index is 14.7. The van der Waals surface area contributed by atoms with Crippen LogP contribution in [0.5, 0.6) is 23.0 Å². The molecule has 0 N–H and O–H groups in total. The third-order valence-electron chi connectivity index (χ3n) is 17.7. The maximum Gasteiger partial charge on any atom is 0.126 e. The molecule has 20 heteroatoms. The van der Waals surface area contributed by atoms with E-state index in [1.165, 1.54) is 48.5 Å². The van der Waals surface area contributed by atoms with Gasteiger partial charge in [0.25, 0.3) is 0 Å². The van der Waals surface area contributed by atoms with E-state index < -0.39 is 46.5 Å². The average molecular weight is 1330 g/mol. The van der Waals surface area contributed by atoms with Gasteiger partial charge in [-0.3, -0.25) is 39.2 Å². The molecule has 12 nitrogen and oxygen atoms in total. The van der Waals surface area contributed by atoms with E-state index in [1.807, 2.05) is 97.1 Å². The fourth-order valence-corrected chi connectivity index (χ4v) is 12.7. The van der Waals surface area contributed by atoms with Crippen LogP contribution in [0, 0.1) is 46.5 Å². The van der Waals surface area contributed by atoms with Crippen LogP contribution < -0.4 is 18.9 Å². The van der Waals surface area contributed by atoms with E-state index in [4.69, 9.17) is 18.9 Å². The Hall–Kier alpha value is -7.92. The van der Waals surface area contributed by atoms with E-state index in [2.05, 4.69) is 39.2 Å². The highest BCUT2D eigenvalue weighted by molar-refractivity contribution is 5.31. The Morgan fingerprint density at radius 2 is 0.385 bits per heavy atom. The normalized spacial score (nSPS) is 20.2. The molecule has 0 amide bonds. The molecule has 0 aromatic heterocycles. The van der Waals surface area contributed by atoms with Gasteiger partial charge in [-0.1, -0.05) is 48.5 Å². The topological polar surface area (TPSA) is 62.8 Å². The molecule has 2 saturated heterocycles. The quantitative estimate of drug-likeness (QED) is 0.136. The van der Waals surface area contributed by atoms with Crippen molar-refractivity contribution in [2.75, 3.05) is 131 Å². The molecule has 16 aliphatic rings. The first-order valence-corrected chi connectivity index (χ1v) is 33.1.